The Labute approximate surface area is 257 Å². The van der Waals surface area contributed by atoms with Gasteiger partial charge in [-0.25, -0.2) is 13.2 Å². The van der Waals surface area contributed by atoms with Gasteiger partial charge in [0.1, 0.15) is 29.8 Å². The maximum atomic E-state index is 16.6. The van der Waals surface area contributed by atoms with Gasteiger partial charge in [-0.3, -0.25) is 14.7 Å². The number of carbonyl (C=O) groups is 1. The summed E-state index contributed by atoms with van der Waals surface area (Å²) in [5.74, 6) is -1.65. The van der Waals surface area contributed by atoms with Crippen LogP contribution in [0, 0.1) is 17.1 Å². The summed E-state index contributed by atoms with van der Waals surface area (Å²) >= 11 is 6.16. The number of hydrogen-bond acceptors (Lipinski definition) is 7. The van der Waals surface area contributed by atoms with Crippen molar-refractivity contribution in [2.75, 3.05) is 26.5 Å². The second kappa shape index (κ2) is 12.5. The van der Waals surface area contributed by atoms with E-state index in [-0.39, 0.29) is 67.9 Å². The highest BCUT2D eigenvalue weighted by molar-refractivity contribution is 6.30. The number of aliphatic hydroxyl groups excluding tert-OH is 1. The van der Waals surface area contributed by atoms with E-state index in [1.54, 1.807) is 18.2 Å². The minimum Gasteiger partial charge on any atom is -0.390 e. The van der Waals surface area contributed by atoms with Gasteiger partial charge in [-0.2, -0.15) is 5.26 Å². The molecule has 2 N–H and O–H groups in total. The quantitative estimate of drug-likeness (QED) is 0.322. The van der Waals surface area contributed by atoms with Gasteiger partial charge in [0.2, 0.25) is 0 Å². The second-order valence-electron chi connectivity index (χ2n) is 11.2. The molecule has 3 atom stereocenters. The van der Waals surface area contributed by atoms with Crippen molar-refractivity contribution < 1.29 is 37.7 Å². The van der Waals surface area contributed by atoms with Gasteiger partial charge in [-0.05, 0) is 55.3 Å². The Balaban J connectivity index is 1.70. The van der Waals surface area contributed by atoms with Gasteiger partial charge in [-0.1, -0.05) is 23.7 Å². The molecule has 0 aliphatic carbocycles. The number of pyridine rings is 1. The molecule has 1 fully saturated rings. The summed E-state index contributed by atoms with van der Waals surface area (Å²) in [4.78, 5) is 19.8. The lowest BCUT2D eigenvalue weighted by Crippen LogP contribution is -2.50. The average Bonchev–Trinajstić information content (AvgIpc) is 3.26. The molecule has 0 saturated carbocycles. The number of fused-ring (bicyclic) bond motifs is 1. The van der Waals surface area contributed by atoms with E-state index < -0.39 is 41.5 Å². The van der Waals surface area contributed by atoms with Gasteiger partial charge < -0.3 is 19.7 Å². The smallest absolute Gasteiger partial charge is 0.257 e. The molecule has 1 amide bonds. The molecule has 3 heterocycles. The molecule has 0 radical (unpaired) electrons. The maximum Gasteiger partial charge on any atom is 0.257 e. The molecule has 2 aliphatic heterocycles. The van der Waals surface area contributed by atoms with E-state index in [4.69, 9.17) is 21.1 Å². The first-order valence-electron chi connectivity index (χ1n) is 14.1. The van der Waals surface area contributed by atoms with Crippen molar-refractivity contribution in [3.63, 3.8) is 0 Å². The van der Waals surface area contributed by atoms with Gasteiger partial charge in [0.25, 0.3) is 5.91 Å². The van der Waals surface area contributed by atoms with Crippen LogP contribution in [0.5, 0.6) is 0 Å². The van der Waals surface area contributed by atoms with Crippen molar-refractivity contribution in [3.05, 3.63) is 99.1 Å². The van der Waals surface area contributed by atoms with Gasteiger partial charge in [0.05, 0.1) is 41.6 Å². The number of alkyl halides is 2. The fourth-order valence-electron chi connectivity index (χ4n) is 5.82. The Hall–Kier alpha value is -3.53. The number of hydrogen-bond donors (Lipinski definition) is 2. The maximum absolute atomic E-state index is 16.6. The van der Waals surface area contributed by atoms with Gasteiger partial charge in [-0.15, -0.1) is 0 Å². The molecular weight excluding hydrogens is 599 g/mol. The van der Waals surface area contributed by atoms with E-state index in [2.05, 4.69) is 4.98 Å². The fourth-order valence-corrected chi connectivity index (χ4v) is 5.95. The highest BCUT2D eigenvalue weighted by Crippen LogP contribution is 2.50. The summed E-state index contributed by atoms with van der Waals surface area (Å²) in [6.07, 6.45) is -0.449. The summed E-state index contributed by atoms with van der Waals surface area (Å²) < 4.78 is 57.4. The predicted octanol–water partition coefficient (Wildman–Crippen LogP) is 5.07. The number of nitriles is 1. The Morgan fingerprint density at radius 3 is 2.55 bits per heavy atom. The first kappa shape index (κ1) is 31.9. The van der Waals surface area contributed by atoms with E-state index in [1.807, 2.05) is 6.07 Å². The lowest BCUT2D eigenvalue weighted by molar-refractivity contribution is -0.143. The molecule has 1 saturated heterocycles. The standard InChI is InChI=1S/C32H31ClF3N3O5/c1-30(42,31(36)9-12-43-13-10-31)22-14-26-28(27(35)15-22)32(44-11-8-25(40)16-34,21-3-5-23(33)6-4-21)39(29(26)41)19-24-7-2-20(17-37)18-38-24/h2-7,14-15,18,25,40,42H,8-13,16,19H2,1H3/t25-,30?,32+/m0/s1. The van der Waals surface area contributed by atoms with Crippen LogP contribution in [-0.4, -0.2) is 64.3 Å². The van der Waals surface area contributed by atoms with Crippen LogP contribution in [0.1, 0.15) is 64.5 Å². The molecular formula is C32H31ClF3N3O5. The van der Waals surface area contributed by atoms with E-state index in [0.717, 1.165) is 6.07 Å². The molecule has 0 spiro atoms. The lowest BCUT2D eigenvalue weighted by Gasteiger charge is -2.42. The molecule has 2 aromatic carbocycles. The van der Waals surface area contributed by atoms with Crippen LogP contribution < -0.4 is 0 Å². The van der Waals surface area contributed by atoms with Crippen LogP contribution in [0.2, 0.25) is 5.02 Å². The van der Waals surface area contributed by atoms with Crippen molar-refractivity contribution in [2.45, 2.75) is 55.8 Å². The monoisotopic (exact) mass is 629 g/mol. The number of nitrogens with zero attached hydrogens (tertiary/aromatic N) is 3. The van der Waals surface area contributed by atoms with Crippen molar-refractivity contribution in [2.24, 2.45) is 0 Å². The van der Waals surface area contributed by atoms with E-state index in [9.17, 15) is 24.7 Å². The zero-order valence-corrected chi connectivity index (χ0v) is 24.7. The molecule has 1 unspecified atom stereocenters. The third-order valence-corrected chi connectivity index (χ3v) is 8.71. The second-order valence-corrected chi connectivity index (χ2v) is 11.6. The average molecular weight is 630 g/mol. The molecule has 44 heavy (non-hydrogen) atoms. The Morgan fingerprint density at radius 2 is 1.93 bits per heavy atom. The number of amides is 1. The Bertz CT molecular complexity index is 1560. The number of ether oxygens (including phenoxy) is 2. The first-order chi connectivity index (χ1) is 21.0. The van der Waals surface area contributed by atoms with E-state index in [1.165, 1.54) is 42.3 Å². The SMILES string of the molecule is CC(O)(c1cc(F)c2c(c1)C(=O)N(Cc1ccc(C#N)cn1)[C@@]2(OCC[C@H](O)CF)c1ccc(Cl)cc1)C1(F)CCOCC1. The molecule has 0 bridgehead atoms. The number of carbonyl (C=O) groups excluding carboxylic acids is 1. The number of aromatic nitrogens is 1. The molecule has 232 valence electrons. The van der Waals surface area contributed by atoms with E-state index >= 15 is 8.78 Å². The molecule has 5 rings (SSSR count). The predicted molar refractivity (Wildman–Crippen MR) is 153 cm³/mol. The summed E-state index contributed by atoms with van der Waals surface area (Å²) in [7, 11) is 0. The van der Waals surface area contributed by atoms with Crippen LogP contribution in [0.15, 0.2) is 54.7 Å². The Kier molecular flexibility index (Phi) is 9.03. The van der Waals surface area contributed by atoms with Crippen LogP contribution in [0.3, 0.4) is 0 Å². The number of benzene rings is 2. The summed E-state index contributed by atoms with van der Waals surface area (Å²) in [5, 5.41) is 31.0. The number of aliphatic hydroxyl groups is 2. The van der Waals surface area contributed by atoms with Crippen molar-refractivity contribution in [1.29, 1.82) is 5.26 Å². The van der Waals surface area contributed by atoms with Gasteiger partial charge in [0, 0.05) is 42.8 Å². The Morgan fingerprint density at radius 1 is 1.23 bits per heavy atom. The van der Waals surface area contributed by atoms with Crippen LogP contribution in [0.25, 0.3) is 0 Å². The normalized spacial score (nSPS) is 21.4. The molecule has 12 heteroatoms. The van der Waals surface area contributed by atoms with Crippen molar-refractivity contribution in [3.8, 4) is 6.07 Å². The van der Waals surface area contributed by atoms with Crippen LogP contribution in [0.4, 0.5) is 13.2 Å². The van der Waals surface area contributed by atoms with Crippen LogP contribution in [-0.2, 0) is 27.3 Å². The first-order valence-corrected chi connectivity index (χ1v) is 14.5. The minimum absolute atomic E-state index is 0.0720. The summed E-state index contributed by atoms with van der Waals surface area (Å²) in [6, 6.07) is 13.5. The highest BCUT2D eigenvalue weighted by Gasteiger charge is 2.56. The fraction of sp³-hybridized carbons (Fsp3) is 0.406. The number of rotatable bonds is 10. The van der Waals surface area contributed by atoms with Crippen molar-refractivity contribution in [1.82, 2.24) is 9.88 Å². The zero-order valence-electron chi connectivity index (χ0n) is 23.9. The molecule has 1 aromatic heterocycles. The summed E-state index contributed by atoms with van der Waals surface area (Å²) in [6.45, 7) is -0.147. The van der Waals surface area contributed by atoms with Gasteiger partial charge in [0.15, 0.2) is 5.72 Å². The van der Waals surface area contributed by atoms with Gasteiger partial charge >= 0.3 is 0 Å². The molecule has 2 aliphatic rings. The third-order valence-electron chi connectivity index (χ3n) is 8.45. The largest absolute Gasteiger partial charge is 0.390 e. The van der Waals surface area contributed by atoms with Crippen LogP contribution >= 0.6 is 11.6 Å². The number of halogens is 4. The highest BCUT2D eigenvalue weighted by atomic mass is 35.5. The zero-order chi connectivity index (χ0) is 31.7. The van der Waals surface area contributed by atoms with E-state index in [0.29, 0.717) is 16.3 Å². The summed E-state index contributed by atoms with van der Waals surface area (Å²) in [5.41, 5.74) is -5.87. The topological polar surface area (TPSA) is 116 Å². The molecule has 8 nitrogen and oxygen atoms in total. The third kappa shape index (κ3) is 5.57. The lowest BCUT2D eigenvalue weighted by atomic mass is 9.75. The minimum atomic E-state index is -2.18. The van der Waals surface area contributed by atoms with Crippen molar-refractivity contribution >= 4 is 17.5 Å². The molecule has 3 aromatic rings.